The fourth-order valence-electron chi connectivity index (χ4n) is 4.78. The molecule has 4 rings (SSSR count). The van der Waals surface area contributed by atoms with Crippen LogP contribution >= 0.6 is 0 Å². The topological polar surface area (TPSA) is 56.2 Å². The molecule has 35 heavy (non-hydrogen) atoms. The van der Waals surface area contributed by atoms with Crippen molar-refractivity contribution in [3.05, 3.63) is 71.8 Å². The minimum Gasteiger partial charge on any atom is -0.493 e. The van der Waals surface area contributed by atoms with E-state index in [4.69, 9.17) is 14.9 Å². The summed E-state index contributed by atoms with van der Waals surface area (Å²) >= 11 is 0. The maximum absolute atomic E-state index is 7.00. The van der Waals surface area contributed by atoms with E-state index >= 15 is 0 Å². The highest BCUT2D eigenvalue weighted by Crippen LogP contribution is 2.31. The average molecular weight is 481 g/mol. The Balaban J connectivity index is 0.00000103. The SMILES string of the molecule is CCc1cccc2cccc(N(C)Cc3ccccc3OCCCN3CCCCC3)c12.CO.CO. The Bertz CT molecular complexity index is 981. The van der Waals surface area contributed by atoms with Crippen molar-refractivity contribution in [2.75, 3.05) is 52.4 Å². The number of para-hydroxylation sites is 1. The Hall–Kier alpha value is -2.60. The second-order valence-corrected chi connectivity index (χ2v) is 8.71. The number of likely N-dealkylation sites (tertiary alicyclic amines) is 1. The molecule has 0 unspecified atom stereocenters. The zero-order valence-corrected chi connectivity index (χ0v) is 22.0. The van der Waals surface area contributed by atoms with Gasteiger partial charge >= 0.3 is 0 Å². The summed E-state index contributed by atoms with van der Waals surface area (Å²) in [6.45, 7) is 7.51. The molecule has 0 amide bonds. The first-order chi connectivity index (χ1) is 17.3. The van der Waals surface area contributed by atoms with Gasteiger partial charge in [0.1, 0.15) is 5.75 Å². The van der Waals surface area contributed by atoms with E-state index < -0.39 is 0 Å². The Morgan fingerprint density at radius 2 is 1.49 bits per heavy atom. The molecule has 0 aromatic heterocycles. The third kappa shape index (κ3) is 8.24. The normalized spacial score (nSPS) is 13.3. The number of rotatable bonds is 9. The molecule has 192 valence electrons. The summed E-state index contributed by atoms with van der Waals surface area (Å²) in [6, 6.07) is 21.8. The van der Waals surface area contributed by atoms with Crippen molar-refractivity contribution in [1.29, 1.82) is 0 Å². The van der Waals surface area contributed by atoms with Crippen LogP contribution in [0.2, 0.25) is 0 Å². The quantitative estimate of drug-likeness (QED) is 0.396. The molecule has 0 atom stereocenters. The molecule has 0 radical (unpaired) electrons. The molecule has 0 aliphatic carbocycles. The molecule has 1 aliphatic rings. The van der Waals surface area contributed by atoms with Crippen LogP contribution in [0.1, 0.15) is 43.7 Å². The summed E-state index contributed by atoms with van der Waals surface area (Å²) in [4.78, 5) is 4.94. The number of anilines is 1. The van der Waals surface area contributed by atoms with Crippen LogP contribution in [0.5, 0.6) is 5.75 Å². The summed E-state index contributed by atoms with van der Waals surface area (Å²) in [5, 5.41) is 16.7. The van der Waals surface area contributed by atoms with Gasteiger partial charge in [0.05, 0.1) is 6.61 Å². The minimum absolute atomic E-state index is 0.783. The third-order valence-electron chi connectivity index (χ3n) is 6.47. The van der Waals surface area contributed by atoms with E-state index in [9.17, 15) is 0 Å². The standard InChI is InChI=1S/C28H36N2O.2CH4O/c1-3-23-13-9-14-24-15-10-16-26(28(23)24)29(2)22-25-12-5-6-17-27(25)31-21-11-20-30-18-7-4-8-19-30;2*1-2/h5-6,9-10,12-17H,3-4,7-8,11,18-22H2,1-2H3;2*2H,1H3. The van der Waals surface area contributed by atoms with Crippen LogP contribution in [0.15, 0.2) is 60.7 Å². The van der Waals surface area contributed by atoms with E-state index in [0.29, 0.717) is 0 Å². The molecule has 0 saturated carbocycles. The van der Waals surface area contributed by atoms with E-state index in [2.05, 4.69) is 84.4 Å². The monoisotopic (exact) mass is 480 g/mol. The van der Waals surface area contributed by atoms with E-state index in [1.165, 1.54) is 59.9 Å². The largest absolute Gasteiger partial charge is 0.493 e. The van der Waals surface area contributed by atoms with Crippen molar-refractivity contribution in [3.8, 4) is 5.75 Å². The molecule has 1 aliphatic heterocycles. The van der Waals surface area contributed by atoms with Gasteiger partial charge < -0.3 is 24.7 Å². The molecule has 1 fully saturated rings. The molecule has 1 saturated heterocycles. The zero-order chi connectivity index (χ0) is 25.5. The van der Waals surface area contributed by atoms with Crippen LogP contribution < -0.4 is 9.64 Å². The maximum atomic E-state index is 7.00. The van der Waals surface area contributed by atoms with Gasteiger partial charge in [0.2, 0.25) is 0 Å². The summed E-state index contributed by atoms with van der Waals surface area (Å²) in [6.07, 6.45) is 6.23. The first-order valence-corrected chi connectivity index (χ1v) is 12.8. The smallest absolute Gasteiger partial charge is 0.124 e. The highest BCUT2D eigenvalue weighted by Gasteiger charge is 2.13. The molecule has 0 bridgehead atoms. The van der Waals surface area contributed by atoms with Crippen molar-refractivity contribution in [1.82, 2.24) is 4.90 Å². The third-order valence-corrected chi connectivity index (χ3v) is 6.47. The first kappa shape index (κ1) is 28.6. The number of hydrogen-bond donors (Lipinski definition) is 2. The predicted molar refractivity (Wildman–Crippen MR) is 149 cm³/mol. The number of nitrogens with zero attached hydrogens (tertiary/aromatic N) is 2. The number of benzene rings is 3. The van der Waals surface area contributed by atoms with Crippen molar-refractivity contribution in [2.24, 2.45) is 0 Å². The minimum atomic E-state index is 0.783. The lowest BCUT2D eigenvalue weighted by atomic mass is 10.00. The average Bonchev–Trinajstić information content (AvgIpc) is 2.94. The number of aryl methyl sites for hydroxylation is 1. The highest BCUT2D eigenvalue weighted by molar-refractivity contribution is 5.97. The Morgan fingerprint density at radius 3 is 2.20 bits per heavy atom. The number of fused-ring (bicyclic) bond motifs is 1. The van der Waals surface area contributed by atoms with E-state index in [0.717, 1.165) is 52.5 Å². The molecule has 2 N–H and O–H groups in total. The molecular weight excluding hydrogens is 436 g/mol. The summed E-state index contributed by atoms with van der Waals surface area (Å²) in [5.74, 6) is 1.02. The number of aliphatic hydroxyl groups is 2. The molecule has 0 spiro atoms. The zero-order valence-electron chi connectivity index (χ0n) is 22.0. The molecule has 3 aromatic rings. The number of aliphatic hydroxyl groups excluding tert-OH is 2. The van der Waals surface area contributed by atoms with Gasteiger partial charge in [-0.05, 0) is 61.9 Å². The van der Waals surface area contributed by atoms with E-state index in [-0.39, 0.29) is 0 Å². The molecule has 5 heteroatoms. The van der Waals surface area contributed by atoms with Gasteiger partial charge in [0, 0.05) is 51.0 Å². The van der Waals surface area contributed by atoms with Gasteiger partial charge in [-0.1, -0.05) is 61.9 Å². The van der Waals surface area contributed by atoms with Crippen LogP contribution in [-0.2, 0) is 13.0 Å². The molecule has 5 nitrogen and oxygen atoms in total. The van der Waals surface area contributed by atoms with E-state index in [1.807, 2.05) is 0 Å². The van der Waals surface area contributed by atoms with Crippen molar-refractivity contribution in [2.45, 2.75) is 45.6 Å². The van der Waals surface area contributed by atoms with Crippen LogP contribution in [0.4, 0.5) is 5.69 Å². The van der Waals surface area contributed by atoms with Crippen LogP contribution in [0.25, 0.3) is 10.8 Å². The lowest BCUT2D eigenvalue weighted by Crippen LogP contribution is -2.31. The van der Waals surface area contributed by atoms with Crippen molar-refractivity contribution < 1.29 is 14.9 Å². The van der Waals surface area contributed by atoms with Gasteiger partial charge in [-0.15, -0.1) is 0 Å². The van der Waals surface area contributed by atoms with Crippen molar-refractivity contribution in [3.63, 3.8) is 0 Å². The Morgan fingerprint density at radius 1 is 0.829 bits per heavy atom. The second-order valence-electron chi connectivity index (χ2n) is 8.71. The molecule has 3 aromatic carbocycles. The van der Waals surface area contributed by atoms with Gasteiger partial charge in [-0.25, -0.2) is 0 Å². The van der Waals surface area contributed by atoms with Gasteiger partial charge in [0.15, 0.2) is 0 Å². The van der Waals surface area contributed by atoms with Gasteiger partial charge in [0.25, 0.3) is 0 Å². The Labute approximate surface area is 212 Å². The molecular formula is C30H44N2O3. The van der Waals surface area contributed by atoms with E-state index in [1.54, 1.807) is 0 Å². The first-order valence-electron chi connectivity index (χ1n) is 12.8. The lowest BCUT2D eigenvalue weighted by molar-refractivity contribution is 0.204. The maximum Gasteiger partial charge on any atom is 0.124 e. The summed E-state index contributed by atoms with van der Waals surface area (Å²) in [5.41, 5.74) is 3.94. The Kier molecular flexibility index (Phi) is 13.2. The van der Waals surface area contributed by atoms with Crippen molar-refractivity contribution >= 4 is 16.5 Å². The summed E-state index contributed by atoms with van der Waals surface area (Å²) in [7, 11) is 4.19. The fourth-order valence-corrected chi connectivity index (χ4v) is 4.78. The van der Waals surface area contributed by atoms with Crippen LogP contribution in [0.3, 0.4) is 0 Å². The highest BCUT2D eigenvalue weighted by atomic mass is 16.5. The van der Waals surface area contributed by atoms with Gasteiger partial charge in [-0.2, -0.15) is 0 Å². The number of hydrogen-bond acceptors (Lipinski definition) is 5. The van der Waals surface area contributed by atoms with Crippen LogP contribution in [0, 0.1) is 0 Å². The number of ether oxygens (including phenoxy) is 1. The molecule has 1 heterocycles. The summed E-state index contributed by atoms with van der Waals surface area (Å²) < 4.78 is 6.24. The van der Waals surface area contributed by atoms with Crippen LogP contribution in [-0.4, -0.2) is 62.6 Å². The fraction of sp³-hybridized carbons (Fsp3) is 0.467. The van der Waals surface area contributed by atoms with Gasteiger partial charge in [-0.3, -0.25) is 0 Å². The lowest BCUT2D eigenvalue weighted by Gasteiger charge is -2.26. The second kappa shape index (κ2) is 16.1. The number of piperidine rings is 1. The predicted octanol–water partition coefficient (Wildman–Crippen LogP) is 5.51.